The number of hydrogen-bond acceptors (Lipinski definition) is 5. The number of rotatable bonds is 7. The number of halogens is 3. The number of amidine groups is 1. The molecule has 4 rings (SSSR count). The molecule has 1 aliphatic heterocycles. The van der Waals surface area contributed by atoms with E-state index in [2.05, 4.69) is 27.6 Å². The highest BCUT2D eigenvalue weighted by molar-refractivity contribution is 14.1. The largest absolute Gasteiger partial charge is 0.497 e. The Hall–Kier alpha value is -2.20. The zero-order valence-electron chi connectivity index (χ0n) is 18.9. The summed E-state index contributed by atoms with van der Waals surface area (Å²) in [6.07, 6.45) is 1.89. The van der Waals surface area contributed by atoms with Crippen molar-refractivity contribution in [1.82, 2.24) is 4.90 Å². The number of benzene rings is 3. The number of carbonyl (C=O) groups excluding carboxylic acids is 1. The maximum absolute atomic E-state index is 13.0. The third-order valence-corrected chi connectivity index (χ3v) is 7.72. The van der Waals surface area contributed by atoms with Crippen LogP contribution in [0.25, 0.3) is 6.08 Å². The van der Waals surface area contributed by atoms with E-state index in [1.807, 2.05) is 61.5 Å². The van der Waals surface area contributed by atoms with Gasteiger partial charge in [-0.05, 0) is 107 Å². The average molecular weight is 639 g/mol. The molecule has 1 saturated heterocycles. The molecule has 0 radical (unpaired) electrons. The predicted octanol–water partition coefficient (Wildman–Crippen LogP) is 7.81. The first-order valence-electron chi connectivity index (χ1n) is 10.7. The molecule has 0 N–H and O–H groups in total. The zero-order valence-corrected chi connectivity index (χ0v) is 23.4. The Labute approximate surface area is 232 Å². The average Bonchev–Trinajstić information content (AvgIpc) is 3.14. The monoisotopic (exact) mass is 638 g/mol. The smallest absolute Gasteiger partial charge is 0.266 e. The lowest BCUT2D eigenvalue weighted by Gasteiger charge is -2.12. The van der Waals surface area contributed by atoms with Crippen molar-refractivity contribution < 1.29 is 14.3 Å². The van der Waals surface area contributed by atoms with Crippen molar-refractivity contribution in [1.29, 1.82) is 0 Å². The summed E-state index contributed by atoms with van der Waals surface area (Å²) in [6, 6.07) is 18.7. The van der Waals surface area contributed by atoms with Gasteiger partial charge in [0.1, 0.15) is 18.1 Å². The fourth-order valence-corrected chi connectivity index (χ4v) is 5.38. The van der Waals surface area contributed by atoms with Crippen molar-refractivity contribution in [3.63, 3.8) is 0 Å². The van der Waals surface area contributed by atoms with Crippen molar-refractivity contribution in [3.8, 4) is 11.5 Å². The molecule has 0 spiro atoms. The van der Waals surface area contributed by atoms with Crippen LogP contribution in [-0.2, 0) is 11.4 Å². The molecule has 3 aromatic carbocycles. The van der Waals surface area contributed by atoms with Crippen LogP contribution >= 0.6 is 57.6 Å². The van der Waals surface area contributed by atoms with Crippen LogP contribution in [0.3, 0.4) is 0 Å². The summed E-state index contributed by atoms with van der Waals surface area (Å²) >= 11 is 15.7. The molecule has 180 valence electrons. The summed E-state index contributed by atoms with van der Waals surface area (Å²) in [7, 11) is 1.62. The van der Waals surface area contributed by atoms with E-state index in [4.69, 9.17) is 32.7 Å². The van der Waals surface area contributed by atoms with Gasteiger partial charge in [0, 0.05) is 6.54 Å². The summed E-state index contributed by atoms with van der Waals surface area (Å²) < 4.78 is 12.1. The molecule has 0 bridgehead atoms. The van der Waals surface area contributed by atoms with Crippen molar-refractivity contribution in [2.45, 2.75) is 13.5 Å². The molecule has 3 aromatic rings. The first kappa shape index (κ1) is 25.9. The lowest BCUT2D eigenvalue weighted by atomic mass is 10.2. The lowest BCUT2D eigenvalue weighted by Crippen LogP contribution is -2.28. The second kappa shape index (κ2) is 11.7. The molecular weight excluding hydrogens is 618 g/mol. The van der Waals surface area contributed by atoms with Crippen LogP contribution in [0, 0.1) is 3.57 Å². The normalized spacial score (nSPS) is 15.8. The van der Waals surface area contributed by atoms with E-state index in [1.165, 1.54) is 11.8 Å². The number of likely N-dealkylation sites (N-methyl/N-ethyl adjacent to an activating group) is 1. The van der Waals surface area contributed by atoms with Crippen molar-refractivity contribution in [2.75, 3.05) is 13.7 Å². The van der Waals surface area contributed by atoms with E-state index in [0.29, 0.717) is 33.3 Å². The highest BCUT2D eigenvalue weighted by Crippen LogP contribution is 2.35. The van der Waals surface area contributed by atoms with Crippen LogP contribution in [0.4, 0.5) is 5.69 Å². The van der Waals surface area contributed by atoms with Gasteiger partial charge in [0.15, 0.2) is 5.17 Å². The molecule has 0 aliphatic carbocycles. The van der Waals surface area contributed by atoms with Gasteiger partial charge in [-0.1, -0.05) is 35.3 Å². The molecule has 1 aliphatic rings. The van der Waals surface area contributed by atoms with Crippen LogP contribution in [-0.4, -0.2) is 29.6 Å². The number of thioether (sulfide) groups is 1. The van der Waals surface area contributed by atoms with Crippen LogP contribution in [0.2, 0.25) is 10.0 Å². The van der Waals surface area contributed by atoms with Gasteiger partial charge < -0.3 is 9.47 Å². The lowest BCUT2D eigenvalue weighted by molar-refractivity contribution is -0.122. The third kappa shape index (κ3) is 6.33. The quantitative estimate of drug-likeness (QED) is 0.196. The van der Waals surface area contributed by atoms with E-state index >= 15 is 0 Å². The molecule has 5 nitrogen and oxygen atoms in total. The minimum absolute atomic E-state index is 0.0558. The maximum Gasteiger partial charge on any atom is 0.266 e. The number of aliphatic imine (C=N–C) groups is 1. The number of amides is 1. The molecule has 1 amide bonds. The van der Waals surface area contributed by atoms with E-state index in [9.17, 15) is 4.79 Å². The summed E-state index contributed by atoms with van der Waals surface area (Å²) in [4.78, 5) is 20.0. The highest BCUT2D eigenvalue weighted by atomic mass is 127. The van der Waals surface area contributed by atoms with Crippen LogP contribution in [0.5, 0.6) is 11.5 Å². The second-order valence-corrected chi connectivity index (χ2v) is 10.5. The Kier molecular flexibility index (Phi) is 8.64. The SMILES string of the molecule is CCN1C(=O)/C(=C\c2ccc(OCc3ccc(Cl)c(Cl)c3)c(I)c2)SC1=Nc1ccc(OC)cc1. The molecule has 0 saturated carbocycles. The van der Waals surface area contributed by atoms with Crippen LogP contribution < -0.4 is 9.47 Å². The van der Waals surface area contributed by atoms with Crippen molar-refractivity contribution >= 4 is 80.4 Å². The Morgan fingerprint density at radius 2 is 1.83 bits per heavy atom. The summed E-state index contributed by atoms with van der Waals surface area (Å²) in [5, 5.41) is 1.67. The fraction of sp³-hybridized carbons (Fsp3) is 0.154. The fourth-order valence-electron chi connectivity index (χ4n) is 3.30. The standard InChI is InChI=1S/C26H21Cl2IN2O3S/c1-3-31-25(32)24(35-26(31)30-18-6-8-19(33-2)9-7-18)14-16-5-11-23(22(29)13-16)34-15-17-4-10-20(27)21(28)12-17/h4-14H,3,15H2,1-2H3/b24-14+,30-26?. The summed E-state index contributed by atoms with van der Waals surface area (Å²) in [5.41, 5.74) is 2.60. The minimum atomic E-state index is -0.0558. The van der Waals surface area contributed by atoms with Crippen LogP contribution in [0.15, 0.2) is 70.6 Å². The Morgan fingerprint density at radius 3 is 2.49 bits per heavy atom. The van der Waals surface area contributed by atoms with Gasteiger partial charge in [-0.3, -0.25) is 9.69 Å². The maximum atomic E-state index is 13.0. The summed E-state index contributed by atoms with van der Waals surface area (Å²) in [5.74, 6) is 1.46. The highest BCUT2D eigenvalue weighted by Gasteiger charge is 2.32. The predicted molar refractivity (Wildman–Crippen MR) is 153 cm³/mol. The Balaban J connectivity index is 1.49. The van der Waals surface area contributed by atoms with E-state index in [0.717, 1.165) is 31.9 Å². The van der Waals surface area contributed by atoms with E-state index < -0.39 is 0 Å². The van der Waals surface area contributed by atoms with Gasteiger partial charge in [0.05, 0.1) is 31.3 Å². The van der Waals surface area contributed by atoms with Crippen molar-refractivity contribution in [3.05, 3.63) is 90.3 Å². The summed E-state index contributed by atoms with van der Waals surface area (Å²) in [6.45, 7) is 2.85. The van der Waals surface area contributed by atoms with Gasteiger partial charge in [-0.25, -0.2) is 4.99 Å². The molecular formula is C26H21Cl2IN2O3S. The third-order valence-electron chi connectivity index (χ3n) is 5.13. The zero-order chi connectivity index (χ0) is 24.9. The number of nitrogens with zero attached hydrogens (tertiary/aromatic N) is 2. The molecule has 1 fully saturated rings. The molecule has 0 aromatic heterocycles. The van der Waals surface area contributed by atoms with Gasteiger partial charge in [-0.2, -0.15) is 0 Å². The van der Waals surface area contributed by atoms with E-state index in [1.54, 1.807) is 24.1 Å². The van der Waals surface area contributed by atoms with E-state index in [-0.39, 0.29) is 5.91 Å². The molecule has 0 atom stereocenters. The molecule has 0 unspecified atom stereocenters. The van der Waals surface area contributed by atoms with Gasteiger partial charge in [-0.15, -0.1) is 0 Å². The number of hydrogen-bond donors (Lipinski definition) is 0. The van der Waals surface area contributed by atoms with Crippen molar-refractivity contribution in [2.24, 2.45) is 4.99 Å². The molecule has 1 heterocycles. The number of carbonyl (C=O) groups is 1. The van der Waals surface area contributed by atoms with Crippen LogP contribution in [0.1, 0.15) is 18.1 Å². The molecule has 9 heteroatoms. The number of ether oxygens (including phenoxy) is 2. The van der Waals surface area contributed by atoms with Gasteiger partial charge in [0.2, 0.25) is 0 Å². The first-order chi connectivity index (χ1) is 16.9. The first-order valence-corrected chi connectivity index (χ1v) is 13.3. The number of methoxy groups -OCH3 is 1. The minimum Gasteiger partial charge on any atom is -0.497 e. The van der Waals surface area contributed by atoms with Gasteiger partial charge in [0.25, 0.3) is 5.91 Å². The Bertz CT molecular complexity index is 1310. The Morgan fingerprint density at radius 1 is 1.06 bits per heavy atom. The second-order valence-electron chi connectivity index (χ2n) is 7.48. The molecule has 35 heavy (non-hydrogen) atoms. The van der Waals surface area contributed by atoms with Gasteiger partial charge >= 0.3 is 0 Å². The topological polar surface area (TPSA) is 51.1 Å².